The van der Waals surface area contributed by atoms with Crippen molar-refractivity contribution in [2.45, 2.75) is 6.54 Å². The van der Waals surface area contributed by atoms with E-state index in [4.69, 9.17) is 14.2 Å². The van der Waals surface area contributed by atoms with E-state index in [0.29, 0.717) is 24.4 Å². The Morgan fingerprint density at radius 3 is 2.75 bits per heavy atom. The van der Waals surface area contributed by atoms with Crippen molar-refractivity contribution < 1.29 is 18.6 Å². The Morgan fingerprint density at radius 1 is 1.09 bits per heavy atom. The van der Waals surface area contributed by atoms with Crippen molar-refractivity contribution in [1.82, 2.24) is 9.97 Å². The summed E-state index contributed by atoms with van der Waals surface area (Å²) in [5.41, 5.74) is 2.62. The van der Waals surface area contributed by atoms with Gasteiger partial charge in [0.15, 0.2) is 11.6 Å². The molecule has 0 atom stereocenters. The molecule has 0 N–H and O–H groups in total. The zero-order chi connectivity index (χ0) is 21.9. The zero-order valence-electron chi connectivity index (χ0n) is 17.3. The number of methoxy groups -OCH3 is 1. The zero-order valence-corrected chi connectivity index (χ0v) is 18.1. The fourth-order valence-corrected chi connectivity index (χ4v) is 4.77. The molecule has 0 spiro atoms. The third kappa shape index (κ3) is 4.09. The fraction of sp³-hybridized carbons (Fsp3) is 0.167. The molecule has 0 fully saturated rings. The van der Waals surface area contributed by atoms with Gasteiger partial charge in [-0.2, -0.15) is 0 Å². The Labute approximate surface area is 188 Å². The standard InChI is InChI=1S/C24H20FN3O3S/c1-29-21-8-7-17(25)9-19(21)22-10-20-23(32-22)24(27-14-26-20)28(12-18-13-30-15-31-18)11-16-5-3-2-4-6-16/h2-10,13-14H,11-12,15H2,1H3. The summed E-state index contributed by atoms with van der Waals surface area (Å²) in [6, 6.07) is 16.6. The second-order valence-corrected chi connectivity index (χ2v) is 8.27. The van der Waals surface area contributed by atoms with Gasteiger partial charge in [0.25, 0.3) is 0 Å². The molecule has 0 saturated carbocycles. The maximum absolute atomic E-state index is 14.0. The quantitative estimate of drug-likeness (QED) is 0.379. The van der Waals surface area contributed by atoms with Crippen LogP contribution in [0.4, 0.5) is 10.2 Å². The van der Waals surface area contributed by atoms with Gasteiger partial charge in [0, 0.05) is 17.0 Å². The topological polar surface area (TPSA) is 56.7 Å². The third-order valence-electron chi connectivity index (χ3n) is 5.11. The lowest BCUT2D eigenvalue weighted by atomic mass is 10.1. The molecule has 0 aliphatic carbocycles. The van der Waals surface area contributed by atoms with E-state index in [2.05, 4.69) is 27.0 Å². The van der Waals surface area contributed by atoms with Crippen LogP contribution in [-0.2, 0) is 16.0 Å². The minimum atomic E-state index is -0.319. The molecule has 8 heteroatoms. The molecule has 0 radical (unpaired) electrons. The van der Waals surface area contributed by atoms with Gasteiger partial charge in [-0.05, 0) is 29.8 Å². The van der Waals surface area contributed by atoms with Crippen molar-refractivity contribution in [1.29, 1.82) is 0 Å². The molecular formula is C24H20FN3O3S. The molecule has 6 nitrogen and oxygen atoms in total. The number of nitrogens with zero attached hydrogens (tertiary/aromatic N) is 3. The first-order chi connectivity index (χ1) is 15.7. The largest absolute Gasteiger partial charge is 0.496 e. The molecule has 3 heterocycles. The van der Waals surface area contributed by atoms with Gasteiger partial charge in [0.2, 0.25) is 6.79 Å². The molecule has 0 unspecified atom stereocenters. The molecule has 0 bridgehead atoms. The lowest BCUT2D eigenvalue weighted by molar-refractivity contribution is 0.0797. The number of benzene rings is 2. The minimum Gasteiger partial charge on any atom is -0.496 e. The van der Waals surface area contributed by atoms with E-state index in [1.54, 1.807) is 25.8 Å². The highest BCUT2D eigenvalue weighted by Crippen LogP contribution is 2.41. The van der Waals surface area contributed by atoms with Crippen LogP contribution >= 0.6 is 11.3 Å². The van der Waals surface area contributed by atoms with Crippen LogP contribution in [0.15, 0.2) is 72.9 Å². The summed E-state index contributed by atoms with van der Waals surface area (Å²) in [6.45, 7) is 1.35. The maximum Gasteiger partial charge on any atom is 0.229 e. The molecule has 5 rings (SSSR count). The Morgan fingerprint density at radius 2 is 1.97 bits per heavy atom. The summed E-state index contributed by atoms with van der Waals surface area (Å²) < 4.78 is 31.2. The van der Waals surface area contributed by atoms with Crippen LogP contribution in [0.2, 0.25) is 0 Å². The summed E-state index contributed by atoms with van der Waals surface area (Å²) in [7, 11) is 1.58. The van der Waals surface area contributed by atoms with Crippen LogP contribution in [0.5, 0.6) is 5.75 Å². The van der Waals surface area contributed by atoms with Gasteiger partial charge in [-0.15, -0.1) is 11.3 Å². The predicted octanol–water partition coefficient (Wildman–Crippen LogP) is 5.36. The number of ether oxygens (including phenoxy) is 3. The van der Waals surface area contributed by atoms with E-state index in [1.807, 2.05) is 24.3 Å². The lowest BCUT2D eigenvalue weighted by Gasteiger charge is -2.24. The Kier molecular flexibility index (Phi) is 5.60. The number of halogens is 1. The van der Waals surface area contributed by atoms with Gasteiger partial charge in [-0.3, -0.25) is 0 Å². The Bertz CT molecular complexity index is 1280. The fourth-order valence-electron chi connectivity index (χ4n) is 3.62. The third-order valence-corrected chi connectivity index (χ3v) is 6.26. The van der Waals surface area contributed by atoms with Crippen molar-refractivity contribution >= 4 is 27.4 Å². The van der Waals surface area contributed by atoms with Crippen LogP contribution in [0.25, 0.3) is 20.7 Å². The highest BCUT2D eigenvalue weighted by Gasteiger charge is 2.20. The predicted molar refractivity (Wildman–Crippen MR) is 122 cm³/mol. The molecule has 162 valence electrons. The van der Waals surface area contributed by atoms with Gasteiger partial charge in [0.05, 0.1) is 23.9 Å². The number of fused-ring (bicyclic) bond motifs is 1. The highest BCUT2D eigenvalue weighted by atomic mass is 32.1. The van der Waals surface area contributed by atoms with Crippen LogP contribution in [0, 0.1) is 5.82 Å². The van der Waals surface area contributed by atoms with Gasteiger partial charge in [-0.25, -0.2) is 14.4 Å². The van der Waals surface area contributed by atoms with Crippen molar-refractivity contribution in [2.75, 3.05) is 25.3 Å². The number of hydrogen-bond donors (Lipinski definition) is 0. The highest BCUT2D eigenvalue weighted by molar-refractivity contribution is 7.22. The average molecular weight is 450 g/mol. The first-order valence-electron chi connectivity index (χ1n) is 10.0. The van der Waals surface area contributed by atoms with E-state index in [9.17, 15) is 4.39 Å². The summed E-state index contributed by atoms with van der Waals surface area (Å²) in [5.74, 6) is 1.80. The van der Waals surface area contributed by atoms with E-state index in [1.165, 1.54) is 23.5 Å². The molecule has 1 aliphatic heterocycles. The Balaban J connectivity index is 1.58. The SMILES string of the molecule is COc1ccc(F)cc1-c1cc2ncnc(N(CC3=COCO3)Cc3ccccc3)c2s1. The van der Waals surface area contributed by atoms with E-state index < -0.39 is 0 Å². The molecular weight excluding hydrogens is 429 g/mol. The van der Waals surface area contributed by atoms with Crippen molar-refractivity contribution in [3.63, 3.8) is 0 Å². The lowest BCUT2D eigenvalue weighted by Crippen LogP contribution is -2.26. The van der Waals surface area contributed by atoms with Gasteiger partial charge < -0.3 is 19.1 Å². The van der Waals surface area contributed by atoms with Gasteiger partial charge in [0.1, 0.15) is 24.2 Å². The van der Waals surface area contributed by atoms with E-state index in [0.717, 1.165) is 32.2 Å². The molecule has 0 amide bonds. The van der Waals surface area contributed by atoms with Gasteiger partial charge >= 0.3 is 0 Å². The number of rotatable bonds is 7. The smallest absolute Gasteiger partial charge is 0.229 e. The number of hydrogen-bond acceptors (Lipinski definition) is 7. The number of aromatic nitrogens is 2. The van der Waals surface area contributed by atoms with Crippen LogP contribution in [-0.4, -0.2) is 30.4 Å². The maximum atomic E-state index is 14.0. The molecule has 1 aliphatic rings. The summed E-state index contributed by atoms with van der Waals surface area (Å²) in [6.07, 6.45) is 3.18. The number of thiophene rings is 1. The van der Waals surface area contributed by atoms with Crippen LogP contribution in [0.3, 0.4) is 0 Å². The van der Waals surface area contributed by atoms with Crippen LogP contribution in [0.1, 0.15) is 5.56 Å². The summed E-state index contributed by atoms with van der Waals surface area (Å²) >= 11 is 1.51. The molecule has 0 saturated heterocycles. The second-order valence-electron chi connectivity index (χ2n) is 7.22. The summed E-state index contributed by atoms with van der Waals surface area (Å²) in [4.78, 5) is 12.1. The first kappa shape index (κ1) is 20.3. The van der Waals surface area contributed by atoms with Crippen molar-refractivity contribution in [3.05, 3.63) is 84.3 Å². The normalized spacial score (nSPS) is 12.9. The average Bonchev–Trinajstić information content (AvgIpc) is 3.49. The van der Waals surface area contributed by atoms with E-state index in [-0.39, 0.29) is 12.6 Å². The number of anilines is 1. The first-order valence-corrected chi connectivity index (χ1v) is 10.8. The minimum absolute atomic E-state index is 0.218. The molecule has 32 heavy (non-hydrogen) atoms. The van der Waals surface area contributed by atoms with E-state index >= 15 is 0 Å². The monoisotopic (exact) mass is 449 g/mol. The molecule has 2 aromatic carbocycles. The van der Waals surface area contributed by atoms with Gasteiger partial charge in [-0.1, -0.05) is 30.3 Å². The van der Waals surface area contributed by atoms with Crippen molar-refractivity contribution in [2.24, 2.45) is 0 Å². The Hall–Kier alpha value is -3.65. The van der Waals surface area contributed by atoms with Crippen molar-refractivity contribution in [3.8, 4) is 16.2 Å². The molecule has 4 aromatic rings. The second kappa shape index (κ2) is 8.84. The molecule has 2 aromatic heterocycles. The van der Waals surface area contributed by atoms with Crippen LogP contribution < -0.4 is 9.64 Å². The summed E-state index contributed by atoms with van der Waals surface area (Å²) in [5, 5.41) is 0.